The Bertz CT molecular complexity index is 442. The van der Waals surface area contributed by atoms with Gasteiger partial charge in [-0.1, -0.05) is 6.92 Å². The predicted octanol–water partition coefficient (Wildman–Crippen LogP) is 2.83. The Balaban J connectivity index is 1.85. The average molecular weight is 248 g/mol. The second kappa shape index (κ2) is 6.37. The summed E-state index contributed by atoms with van der Waals surface area (Å²) in [5.74, 6) is 0.814. The molecule has 2 aromatic rings. The molecule has 0 aromatic carbocycles. The Labute approximate surface area is 105 Å². The van der Waals surface area contributed by atoms with Crippen molar-refractivity contribution >= 4 is 11.3 Å². The van der Waals surface area contributed by atoms with Gasteiger partial charge in [-0.05, 0) is 30.8 Å². The maximum atomic E-state index is 5.64. The average Bonchev–Trinajstić information content (AvgIpc) is 2.83. The van der Waals surface area contributed by atoms with Crippen LogP contribution in [0.25, 0.3) is 0 Å². The van der Waals surface area contributed by atoms with E-state index in [0.717, 1.165) is 18.8 Å². The van der Waals surface area contributed by atoms with E-state index in [9.17, 15) is 0 Å². The largest absolute Gasteiger partial charge is 0.486 e. The Morgan fingerprint density at radius 2 is 2.18 bits per heavy atom. The van der Waals surface area contributed by atoms with Crippen molar-refractivity contribution in [3.8, 4) is 5.75 Å². The first kappa shape index (κ1) is 12.1. The fourth-order valence-electron chi connectivity index (χ4n) is 1.43. The number of rotatable bonds is 6. The second-order valence-electron chi connectivity index (χ2n) is 3.63. The van der Waals surface area contributed by atoms with Crippen LogP contribution in [0.15, 0.2) is 36.7 Å². The third-order valence-corrected chi connectivity index (χ3v) is 3.34. The normalized spacial score (nSPS) is 10.4. The van der Waals surface area contributed by atoms with Crippen molar-refractivity contribution in [3.63, 3.8) is 0 Å². The molecule has 0 saturated heterocycles. The molecular formula is C13H16N2OS. The van der Waals surface area contributed by atoms with Crippen LogP contribution in [0.5, 0.6) is 5.75 Å². The number of aromatic nitrogens is 1. The summed E-state index contributed by atoms with van der Waals surface area (Å²) in [7, 11) is 0. The molecule has 3 nitrogen and oxygen atoms in total. The predicted molar refractivity (Wildman–Crippen MR) is 70.3 cm³/mol. The van der Waals surface area contributed by atoms with Crippen molar-refractivity contribution in [1.29, 1.82) is 0 Å². The molecule has 0 aliphatic heterocycles. The van der Waals surface area contributed by atoms with Gasteiger partial charge in [-0.2, -0.15) is 0 Å². The number of hydrogen-bond donors (Lipinski definition) is 1. The zero-order chi connectivity index (χ0) is 11.9. The SMILES string of the molecule is CCNCc1ccc(COc2cccnc2)s1. The third kappa shape index (κ3) is 3.84. The van der Waals surface area contributed by atoms with Crippen molar-refractivity contribution < 1.29 is 4.74 Å². The molecule has 0 bridgehead atoms. The van der Waals surface area contributed by atoms with Crippen molar-refractivity contribution in [1.82, 2.24) is 10.3 Å². The third-order valence-electron chi connectivity index (χ3n) is 2.28. The lowest BCUT2D eigenvalue weighted by atomic mass is 10.4. The van der Waals surface area contributed by atoms with Crippen molar-refractivity contribution in [3.05, 3.63) is 46.4 Å². The molecule has 0 fully saturated rings. The smallest absolute Gasteiger partial charge is 0.138 e. The first-order valence-corrected chi connectivity index (χ1v) is 6.51. The van der Waals surface area contributed by atoms with E-state index < -0.39 is 0 Å². The Kier molecular flexibility index (Phi) is 4.53. The van der Waals surface area contributed by atoms with Gasteiger partial charge in [0.2, 0.25) is 0 Å². The Morgan fingerprint density at radius 3 is 2.94 bits per heavy atom. The number of pyridine rings is 1. The van der Waals surface area contributed by atoms with E-state index in [0.29, 0.717) is 6.61 Å². The topological polar surface area (TPSA) is 34.1 Å². The molecular weight excluding hydrogens is 232 g/mol. The summed E-state index contributed by atoms with van der Waals surface area (Å²) in [5, 5.41) is 3.31. The molecule has 0 radical (unpaired) electrons. The van der Waals surface area contributed by atoms with Gasteiger partial charge in [0, 0.05) is 22.5 Å². The van der Waals surface area contributed by atoms with Crippen LogP contribution in [-0.4, -0.2) is 11.5 Å². The summed E-state index contributed by atoms with van der Waals surface area (Å²) in [6.07, 6.45) is 3.47. The molecule has 4 heteroatoms. The van der Waals surface area contributed by atoms with E-state index in [-0.39, 0.29) is 0 Å². The minimum atomic E-state index is 0.614. The van der Waals surface area contributed by atoms with E-state index in [2.05, 4.69) is 29.4 Å². The van der Waals surface area contributed by atoms with Gasteiger partial charge in [0.25, 0.3) is 0 Å². The molecule has 0 unspecified atom stereocenters. The Morgan fingerprint density at radius 1 is 1.29 bits per heavy atom. The summed E-state index contributed by atoms with van der Waals surface area (Å²) in [4.78, 5) is 6.59. The zero-order valence-corrected chi connectivity index (χ0v) is 10.7. The number of ether oxygens (including phenoxy) is 1. The van der Waals surface area contributed by atoms with Gasteiger partial charge in [-0.25, -0.2) is 0 Å². The van der Waals surface area contributed by atoms with Crippen LogP contribution in [0.3, 0.4) is 0 Å². The van der Waals surface area contributed by atoms with Gasteiger partial charge in [0.1, 0.15) is 12.4 Å². The number of hydrogen-bond acceptors (Lipinski definition) is 4. The van der Waals surface area contributed by atoms with Crippen LogP contribution in [0.1, 0.15) is 16.7 Å². The van der Waals surface area contributed by atoms with Crippen LogP contribution in [0.4, 0.5) is 0 Å². The highest BCUT2D eigenvalue weighted by molar-refractivity contribution is 7.11. The molecule has 17 heavy (non-hydrogen) atoms. The highest BCUT2D eigenvalue weighted by Crippen LogP contribution is 2.18. The van der Waals surface area contributed by atoms with E-state index in [1.807, 2.05) is 12.1 Å². The summed E-state index contributed by atoms with van der Waals surface area (Å²) in [5.41, 5.74) is 0. The van der Waals surface area contributed by atoms with Gasteiger partial charge < -0.3 is 10.1 Å². The van der Waals surface area contributed by atoms with E-state index in [1.54, 1.807) is 23.7 Å². The molecule has 0 saturated carbocycles. The second-order valence-corrected chi connectivity index (χ2v) is 4.88. The lowest BCUT2D eigenvalue weighted by molar-refractivity contribution is 0.308. The zero-order valence-electron chi connectivity index (χ0n) is 9.85. The lowest BCUT2D eigenvalue weighted by Crippen LogP contribution is -2.10. The van der Waals surface area contributed by atoms with Gasteiger partial charge in [-0.15, -0.1) is 11.3 Å². The van der Waals surface area contributed by atoms with Gasteiger partial charge in [0.05, 0.1) is 6.20 Å². The minimum absolute atomic E-state index is 0.614. The monoisotopic (exact) mass is 248 g/mol. The summed E-state index contributed by atoms with van der Waals surface area (Å²) in [6.45, 7) is 4.66. The maximum absolute atomic E-state index is 5.64. The molecule has 90 valence electrons. The Hall–Kier alpha value is -1.39. The van der Waals surface area contributed by atoms with Crippen molar-refractivity contribution in [2.24, 2.45) is 0 Å². The molecule has 2 aromatic heterocycles. The first-order chi connectivity index (χ1) is 8.38. The molecule has 2 rings (SSSR count). The molecule has 1 N–H and O–H groups in total. The van der Waals surface area contributed by atoms with Gasteiger partial charge >= 0.3 is 0 Å². The molecule has 0 amide bonds. The quantitative estimate of drug-likeness (QED) is 0.853. The van der Waals surface area contributed by atoms with Crippen LogP contribution in [-0.2, 0) is 13.2 Å². The fraction of sp³-hybridized carbons (Fsp3) is 0.308. The van der Waals surface area contributed by atoms with Crippen LogP contribution in [0, 0.1) is 0 Å². The van der Waals surface area contributed by atoms with Gasteiger partial charge in [-0.3, -0.25) is 4.98 Å². The summed E-state index contributed by atoms with van der Waals surface area (Å²) < 4.78 is 5.64. The number of nitrogens with one attached hydrogen (secondary N) is 1. The molecule has 2 heterocycles. The highest BCUT2D eigenvalue weighted by Gasteiger charge is 2.00. The minimum Gasteiger partial charge on any atom is -0.486 e. The fourth-order valence-corrected chi connectivity index (χ4v) is 2.33. The van der Waals surface area contributed by atoms with Crippen LogP contribution in [0.2, 0.25) is 0 Å². The number of nitrogens with zero attached hydrogens (tertiary/aromatic N) is 1. The lowest BCUT2D eigenvalue weighted by Gasteiger charge is -2.02. The molecule has 0 aliphatic rings. The van der Waals surface area contributed by atoms with E-state index >= 15 is 0 Å². The van der Waals surface area contributed by atoms with E-state index in [1.165, 1.54) is 9.75 Å². The van der Waals surface area contributed by atoms with Crippen molar-refractivity contribution in [2.75, 3.05) is 6.54 Å². The maximum Gasteiger partial charge on any atom is 0.138 e. The van der Waals surface area contributed by atoms with Crippen LogP contribution >= 0.6 is 11.3 Å². The number of thiophene rings is 1. The first-order valence-electron chi connectivity index (χ1n) is 5.69. The van der Waals surface area contributed by atoms with E-state index in [4.69, 9.17) is 4.74 Å². The summed E-state index contributed by atoms with van der Waals surface area (Å²) >= 11 is 1.78. The van der Waals surface area contributed by atoms with Crippen LogP contribution < -0.4 is 10.1 Å². The highest BCUT2D eigenvalue weighted by atomic mass is 32.1. The summed E-state index contributed by atoms with van der Waals surface area (Å²) in [6, 6.07) is 8.06. The molecule has 0 aliphatic carbocycles. The standard InChI is InChI=1S/C13H16N2OS/c1-2-14-9-12-5-6-13(17-12)10-16-11-4-3-7-15-8-11/h3-8,14H,2,9-10H2,1H3. The van der Waals surface area contributed by atoms with Crippen molar-refractivity contribution in [2.45, 2.75) is 20.1 Å². The van der Waals surface area contributed by atoms with Gasteiger partial charge in [0.15, 0.2) is 0 Å². The molecule has 0 atom stereocenters. The molecule has 0 spiro atoms.